The molecule has 3 aromatic heterocycles. The summed E-state index contributed by atoms with van der Waals surface area (Å²) in [4.78, 5) is 52.1. The highest BCUT2D eigenvalue weighted by Crippen LogP contribution is 2.48. The molecule has 0 aliphatic carbocycles. The van der Waals surface area contributed by atoms with Crippen molar-refractivity contribution in [2.75, 3.05) is 5.32 Å². The van der Waals surface area contributed by atoms with E-state index < -0.39 is 0 Å². The number of hydrogen-bond acceptors (Lipinski definition) is 7. The first kappa shape index (κ1) is 38.6. The number of aromatic nitrogens is 3. The second-order valence-corrected chi connectivity index (χ2v) is 17.8. The molecule has 0 spiro atoms. The summed E-state index contributed by atoms with van der Waals surface area (Å²) < 4.78 is 3.71. The lowest BCUT2D eigenvalue weighted by atomic mass is 10.00. The smallest absolute Gasteiger partial charge is 0.256 e. The van der Waals surface area contributed by atoms with Gasteiger partial charge in [-0.15, -0.1) is 22.7 Å². The van der Waals surface area contributed by atoms with Crippen LogP contribution >= 0.6 is 54.5 Å². The van der Waals surface area contributed by atoms with E-state index in [-0.39, 0.29) is 11.8 Å². The molecule has 2 amide bonds. The highest BCUT2D eigenvalue weighted by molar-refractivity contribution is 9.10. The summed E-state index contributed by atoms with van der Waals surface area (Å²) in [6, 6.07) is 50.0. The fourth-order valence-corrected chi connectivity index (χ4v) is 9.67. The Morgan fingerprint density at radius 3 is 1.64 bits per heavy atom. The molecule has 0 bridgehead atoms. The minimum atomic E-state index is -0.334. The Labute approximate surface area is 374 Å². The highest BCUT2D eigenvalue weighted by atomic mass is 79.9. The first-order valence-corrected chi connectivity index (χ1v) is 22.2. The van der Waals surface area contributed by atoms with Crippen molar-refractivity contribution in [2.24, 2.45) is 9.98 Å². The number of aliphatic imine (C=N–C) groups is 2. The Morgan fingerprint density at radius 1 is 0.541 bits per heavy atom. The Morgan fingerprint density at radius 2 is 1.05 bits per heavy atom. The lowest BCUT2D eigenvalue weighted by Crippen LogP contribution is -2.30. The van der Waals surface area contributed by atoms with Crippen LogP contribution in [0.5, 0.6) is 0 Å². The van der Waals surface area contributed by atoms with Gasteiger partial charge in [-0.1, -0.05) is 117 Å². The molecule has 1 aliphatic heterocycles. The zero-order valence-corrected chi connectivity index (χ0v) is 36.5. The largest absolute Gasteiger partial charge is 0.325 e. The van der Waals surface area contributed by atoms with Crippen LogP contribution in [0.4, 0.5) is 11.6 Å². The number of aromatic amines is 1. The molecule has 0 atom stereocenters. The van der Waals surface area contributed by atoms with Gasteiger partial charge in [0.15, 0.2) is 5.84 Å². The van der Waals surface area contributed by atoms with Gasteiger partial charge in [-0.25, -0.2) is 20.0 Å². The highest BCUT2D eigenvalue weighted by Gasteiger charge is 2.33. The summed E-state index contributed by atoms with van der Waals surface area (Å²) in [6.45, 7) is 0. The second-order valence-electron chi connectivity index (χ2n) is 13.9. The van der Waals surface area contributed by atoms with Crippen LogP contribution in [0.2, 0.25) is 0 Å². The fourth-order valence-electron chi connectivity index (χ4n) is 7.10. The number of benzene rings is 6. The maximum atomic E-state index is 14.0. The maximum absolute atomic E-state index is 14.0. The maximum Gasteiger partial charge on any atom is 0.256 e. The number of thiazole rings is 2. The van der Waals surface area contributed by atoms with Crippen molar-refractivity contribution >= 4 is 121 Å². The zero-order valence-electron chi connectivity index (χ0n) is 31.7. The quantitative estimate of drug-likeness (QED) is 0.140. The molecule has 4 heterocycles. The molecule has 1 aliphatic rings. The zero-order chi connectivity index (χ0) is 41.5. The number of amides is 2. The van der Waals surface area contributed by atoms with E-state index in [9.17, 15) is 9.59 Å². The molecule has 61 heavy (non-hydrogen) atoms. The summed E-state index contributed by atoms with van der Waals surface area (Å²) in [5.74, 6) is 0.865. The van der Waals surface area contributed by atoms with Crippen molar-refractivity contribution in [1.82, 2.24) is 20.3 Å². The van der Waals surface area contributed by atoms with E-state index in [2.05, 4.69) is 47.5 Å². The third kappa shape index (κ3) is 7.68. The summed E-state index contributed by atoms with van der Waals surface area (Å²) in [6.07, 6.45) is 0. The van der Waals surface area contributed by atoms with Gasteiger partial charge in [0.05, 0.1) is 31.6 Å². The van der Waals surface area contributed by atoms with Crippen molar-refractivity contribution in [1.29, 1.82) is 0 Å². The van der Waals surface area contributed by atoms with Gasteiger partial charge in [0.25, 0.3) is 11.8 Å². The predicted molar refractivity (Wildman–Crippen MR) is 256 cm³/mol. The average molecular weight is 960 g/mol. The number of para-hydroxylation sites is 2. The van der Waals surface area contributed by atoms with Gasteiger partial charge in [-0.05, 0) is 83.9 Å². The van der Waals surface area contributed by atoms with Crippen LogP contribution in [0, 0.1) is 0 Å². The molecule has 10 rings (SSSR count). The Balaban J connectivity index is 1.22. The van der Waals surface area contributed by atoms with E-state index in [0.29, 0.717) is 61.2 Å². The molecule has 9 nitrogen and oxygen atoms in total. The van der Waals surface area contributed by atoms with Crippen molar-refractivity contribution in [2.45, 2.75) is 0 Å². The van der Waals surface area contributed by atoms with Crippen molar-refractivity contribution < 1.29 is 9.59 Å². The summed E-state index contributed by atoms with van der Waals surface area (Å²) >= 11 is 10.00. The van der Waals surface area contributed by atoms with Gasteiger partial charge in [0.1, 0.15) is 27.5 Å². The SMILES string of the molecule is O=C(NC1=NC(=Nc2[nH]c(NC(=O)c3ccc(Br)cc3)c(-c3nc4ccccc4s3)c2-c2ccccc2)C(c2ccccc2)=C1c1nc2ccccc2s1)c1ccc(Br)cc1. The lowest BCUT2D eigenvalue weighted by Gasteiger charge is -2.10. The van der Waals surface area contributed by atoms with E-state index in [4.69, 9.17) is 20.0 Å². The summed E-state index contributed by atoms with van der Waals surface area (Å²) in [5.41, 5.74) is 6.99. The van der Waals surface area contributed by atoms with Crippen LogP contribution in [0.25, 0.3) is 53.3 Å². The summed E-state index contributed by atoms with van der Waals surface area (Å²) in [7, 11) is 0. The molecule has 0 saturated heterocycles. The Hall–Kier alpha value is -6.64. The Kier molecular flexibility index (Phi) is 10.4. The minimum absolute atomic E-state index is 0.310. The fraction of sp³-hybridized carbons (Fsp3) is 0. The normalized spacial score (nSPS) is 13.3. The van der Waals surface area contributed by atoms with Crippen molar-refractivity contribution in [3.05, 3.63) is 188 Å². The molecular weight excluding hydrogens is 931 g/mol. The van der Waals surface area contributed by atoms with E-state index >= 15 is 0 Å². The average Bonchev–Trinajstić information content (AvgIpc) is 4.07. The molecule has 3 N–H and O–H groups in total. The molecule has 0 fully saturated rings. The molecule has 294 valence electrons. The van der Waals surface area contributed by atoms with Gasteiger partial charge >= 0.3 is 0 Å². The number of amidine groups is 2. The van der Waals surface area contributed by atoms with Gasteiger partial charge in [0, 0.05) is 31.2 Å². The topological polar surface area (TPSA) is 124 Å². The number of carbonyl (C=O) groups excluding carboxylic acids is 2. The molecule has 0 unspecified atom stereocenters. The van der Waals surface area contributed by atoms with Gasteiger partial charge < -0.3 is 15.6 Å². The van der Waals surface area contributed by atoms with Gasteiger partial charge in [-0.2, -0.15) is 0 Å². The molecule has 13 heteroatoms. The van der Waals surface area contributed by atoms with E-state index in [1.165, 1.54) is 22.7 Å². The Bertz CT molecular complexity index is 3180. The standard InChI is InChI=1S/C48H29Br2N7O2S2/c49-31-23-19-29(20-24-31)45(58)56-43-39(47-51-33-15-7-9-17-35(33)60-47)37(27-11-3-1-4-12-27)41(54-43)53-42-38(28-13-5-2-6-14-28)40(48-52-34-16-8-10-18-36(34)61-48)44(55-42)57-46(59)30-21-25-32(50)26-22-30/h1-26,54H,(H,56,58)(H,53,55,57,59). The van der Waals surface area contributed by atoms with Crippen molar-refractivity contribution in [3.63, 3.8) is 0 Å². The number of hydrogen-bond donors (Lipinski definition) is 3. The van der Waals surface area contributed by atoms with Crippen LogP contribution in [-0.2, 0) is 0 Å². The molecular formula is C48H29Br2N7O2S2. The van der Waals surface area contributed by atoms with E-state index in [0.717, 1.165) is 46.1 Å². The van der Waals surface area contributed by atoms with E-state index in [1.54, 1.807) is 24.3 Å². The van der Waals surface area contributed by atoms with Crippen LogP contribution in [-0.4, -0.2) is 38.4 Å². The van der Waals surface area contributed by atoms with Crippen LogP contribution in [0.15, 0.2) is 177 Å². The third-order valence-electron chi connectivity index (χ3n) is 9.95. The molecule has 0 saturated carbocycles. The number of nitrogens with zero attached hydrogens (tertiary/aromatic N) is 4. The van der Waals surface area contributed by atoms with Crippen LogP contribution in [0.3, 0.4) is 0 Å². The number of fused-ring (bicyclic) bond motifs is 2. The number of halogens is 2. The third-order valence-corrected chi connectivity index (χ3v) is 13.1. The first-order chi connectivity index (χ1) is 29.9. The number of rotatable bonds is 8. The number of carbonyl (C=O) groups is 2. The molecule has 0 radical (unpaired) electrons. The summed E-state index contributed by atoms with van der Waals surface area (Å²) in [5, 5.41) is 7.65. The predicted octanol–water partition coefficient (Wildman–Crippen LogP) is 12.8. The second kappa shape index (κ2) is 16.4. The lowest BCUT2D eigenvalue weighted by molar-refractivity contribution is 0.0976. The number of H-pyrrole nitrogens is 1. The van der Waals surface area contributed by atoms with Crippen molar-refractivity contribution in [3.8, 4) is 21.7 Å². The molecule has 9 aromatic rings. The van der Waals surface area contributed by atoms with Gasteiger partial charge in [0.2, 0.25) is 0 Å². The van der Waals surface area contributed by atoms with Crippen LogP contribution in [0.1, 0.15) is 31.3 Å². The number of nitrogens with one attached hydrogen (secondary N) is 3. The number of anilines is 1. The first-order valence-electron chi connectivity index (χ1n) is 19.0. The van der Waals surface area contributed by atoms with Crippen LogP contribution < -0.4 is 10.6 Å². The molecule has 6 aromatic carbocycles. The minimum Gasteiger partial charge on any atom is -0.325 e. The van der Waals surface area contributed by atoms with Gasteiger partial charge in [-0.3, -0.25) is 9.59 Å². The van der Waals surface area contributed by atoms with E-state index in [1.807, 2.05) is 133 Å². The monoisotopic (exact) mass is 957 g/mol.